The van der Waals surface area contributed by atoms with Crippen LogP contribution in [0.2, 0.25) is 0 Å². The Morgan fingerprint density at radius 1 is 1.12 bits per heavy atom. The second kappa shape index (κ2) is 4.70. The first kappa shape index (κ1) is 11.8. The van der Waals surface area contributed by atoms with Crippen LogP contribution >= 0.6 is 0 Å². The highest BCUT2D eigenvalue weighted by Gasteiger charge is 2.36. The summed E-state index contributed by atoms with van der Waals surface area (Å²) >= 11 is 0. The van der Waals surface area contributed by atoms with Crippen molar-refractivity contribution in [2.75, 3.05) is 0 Å². The molecule has 3 heteroatoms. The Morgan fingerprint density at radius 2 is 1.71 bits per heavy atom. The zero-order valence-corrected chi connectivity index (χ0v) is 10.2. The van der Waals surface area contributed by atoms with Gasteiger partial charge in [-0.15, -0.1) is 0 Å². The fourth-order valence-corrected chi connectivity index (χ4v) is 2.53. The maximum absolute atomic E-state index is 11.2. The molecule has 17 heavy (non-hydrogen) atoms. The van der Waals surface area contributed by atoms with Gasteiger partial charge in [-0.1, -0.05) is 41.5 Å². The summed E-state index contributed by atoms with van der Waals surface area (Å²) < 4.78 is 0. The van der Waals surface area contributed by atoms with E-state index in [4.69, 9.17) is 0 Å². The molecule has 0 bridgehead atoms. The van der Waals surface area contributed by atoms with Crippen LogP contribution < -0.4 is 0 Å². The Labute approximate surface area is 101 Å². The van der Waals surface area contributed by atoms with Crippen molar-refractivity contribution in [3.8, 4) is 0 Å². The van der Waals surface area contributed by atoms with Gasteiger partial charge in [-0.25, -0.2) is 0 Å². The molecule has 90 valence electrons. The second-order valence-corrected chi connectivity index (χ2v) is 4.84. The van der Waals surface area contributed by atoms with Crippen LogP contribution in [0.1, 0.15) is 38.2 Å². The summed E-state index contributed by atoms with van der Waals surface area (Å²) in [6.45, 7) is 4.09. The van der Waals surface area contributed by atoms with Gasteiger partial charge in [0.05, 0.1) is 5.92 Å². The average Bonchev–Trinajstić information content (AvgIpc) is 2.33. The molecule has 0 amide bonds. The molecule has 0 radical (unpaired) electrons. The van der Waals surface area contributed by atoms with Crippen molar-refractivity contribution in [1.29, 1.82) is 0 Å². The van der Waals surface area contributed by atoms with E-state index in [1.165, 1.54) is 11.1 Å². The van der Waals surface area contributed by atoms with E-state index in [1.807, 2.05) is 37.3 Å². The topological polar surface area (TPSA) is 43.1 Å². The molecule has 1 aliphatic carbocycles. The van der Waals surface area contributed by atoms with Crippen LogP contribution in [0.15, 0.2) is 41.5 Å². The summed E-state index contributed by atoms with van der Waals surface area (Å²) in [5.41, 5.74) is 3.57. The normalized spacial score (nSPS) is 24.8. The first-order chi connectivity index (χ1) is 8.09. The lowest BCUT2D eigenvalue weighted by Gasteiger charge is -2.27. The number of hydrogen-bond donors (Lipinski definition) is 0. The molecule has 0 spiro atoms. The Bertz CT molecular complexity index is 451. The molecular formula is C14H17NO2. The molecule has 1 aliphatic rings. The minimum atomic E-state index is -0.471. The van der Waals surface area contributed by atoms with E-state index in [2.05, 4.69) is 6.92 Å². The second-order valence-electron chi connectivity index (χ2n) is 4.84. The first-order valence-electron chi connectivity index (χ1n) is 5.93. The highest BCUT2D eigenvalue weighted by Crippen LogP contribution is 2.37. The predicted octanol–water partition coefficient (Wildman–Crippen LogP) is 3.55. The lowest BCUT2D eigenvalue weighted by molar-refractivity contribution is -0.527. The molecule has 0 unspecified atom stereocenters. The van der Waals surface area contributed by atoms with Gasteiger partial charge in [-0.05, 0) is 25.8 Å². The molecule has 0 saturated carbocycles. The summed E-state index contributed by atoms with van der Waals surface area (Å²) in [4.78, 5) is 11.1. The monoisotopic (exact) mass is 231 g/mol. The van der Waals surface area contributed by atoms with Gasteiger partial charge in [-0.2, -0.15) is 0 Å². The van der Waals surface area contributed by atoms with Gasteiger partial charge in [0.1, 0.15) is 0 Å². The van der Waals surface area contributed by atoms with Gasteiger partial charge in [0.2, 0.25) is 6.04 Å². The SMILES string of the molecule is CC1=C(C)C[C@@H](c2ccccc2)[C@H]([N+](=O)[O-])C1. The van der Waals surface area contributed by atoms with Gasteiger partial charge in [-0.3, -0.25) is 10.1 Å². The Kier molecular flexibility index (Phi) is 3.27. The van der Waals surface area contributed by atoms with Crippen molar-refractivity contribution in [1.82, 2.24) is 0 Å². The van der Waals surface area contributed by atoms with Crippen LogP contribution in [0.4, 0.5) is 0 Å². The number of rotatable bonds is 2. The lowest BCUT2D eigenvalue weighted by atomic mass is 9.78. The van der Waals surface area contributed by atoms with Gasteiger partial charge in [0.25, 0.3) is 0 Å². The molecule has 1 aromatic rings. The first-order valence-corrected chi connectivity index (χ1v) is 5.93. The van der Waals surface area contributed by atoms with Crippen LogP contribution in [0, 0.1) is 10.1 Å². The molecule has 0 aromatic heterocycles. The fraction of sp³-hybridized carbons (Fsp3) is 0.429. The number of allylic oxidation sites excluding steroid dienone is 1. The molecule has 1 aromatic carbocycles. The lowest BCUT2D eigenvalue weighted by Crippen LogP contribution is -2.31. The van der Waals surface area contributed by atoms with Gasteiger partial charge in [0, 0.05) is 11.3 Å². The van der Waals surface area contributed by atoms with Crippen LogP contribution in [0.3, 0.4) is 0 Å². The Balaban J connectivity index is 2.35. The van der Waals surface area contributed by atoms with Crippen LogP contribution in [0.25, 0.3) is 0 Å². The number of hydrogen-bond acceptors (Lipinski definition) is 2. The van der Waals surface area contributed by atoms with Gasteiger partial charge >= 0.3 is 0 Å². The van der Waals surface area contributed by atoms with E-state index in [0.717, 1.165) is 12.0 Å². The third-order valence-corrected chi connectivity index (χ3v) is 3.73. The van der Waals surface area contributed by atoms with E-state index in [9.17, 15) is 10.1 Å². The highest BCUT2D eigenvalue weighted by molar-refractivity contribution is 5.28. The molecular weight excluding hydrogens is 214 g/mol. The quantitative estimate of drug-likeness (QED) is 0.444. The molecule has 0 N–H and O–H groups in total. The zero-order chi connectivity index (χ0) is 12.4. The van der Waals surface area contributed by atoms with Crippen molar-refractivity contribution in [2.45, 2.75) is 38.6 Å². The van der Waals surface area contributed by atoms with E-state index in [-0.39, 0.29) is 10.8 Å². The summed E-state index contributed by atoms with van der Waals surface area (Å²) in [5, 5.41) is 11.2. The van der Waals surface area contributed by atoms with E-state index in [1.54, 1.807) is 0 Å². The maximum Gasteiger partial charge on any atom is 0.223 e. The van der Waals surface area contributed by atoms with E-state index >= 15 is 0 Å². The van der Waals surface area contributed by atoms with E-state index < -0.39 is 6.04 Å². The third-order valence-electron chi connectivity index (χ3n) is 3.73. The molecule has 3 nitrogen and oxygen atoms in total. The van der Waals surface area contributed by atoms with Gasteiger partial charge < -0.3 is 0 Å². The summed E-state index contributed by atoms with van der Waals surface area (Å²) in [6, 6.07) is 9.37. The van der Waals surface area contributed by atoms with Crippen molar-refractivity contribution < 1.29 is 4.92 Å². The van der Waals surface area contributed by atoms with Crippen LogP contribution in [-0.4, -0.2) is 11.0 Å². The summed E-state index contributed by atoms with van der Waals surface area (Å²) in [6.07, 6.45) is 1.39. The molecule has 2 atom stereocenters. The van der Waals surface area contributed by atoms with Crippen LogP contribution in [0.5, 0.6) is 0 Å². The molecule has 0 saturated heterocycles. The summed E-state index contributed by atoms with van der Waals surface area (Å²) in [5.74, 6) is 0.0231. The molecule has 0 heterocycles. The third kappa shape index (κ3) is 2.38. The molecule has 0 aliphatic heterocycles. The highest BCUT2D eigenvalue weighted by atomic mass is 16.6. The fourth-order valence-electron chi connectivity index (χ4n) is 2.53. The van der Waals surface area contributed by atoms with Crippen LogP contribution in [-0.2, 0) is 0 Å². The standard InChI is InChI=1S/C14H17NO2/c1-10-8-13(12-6-4-3-5-7-12)14(15(16)17)9-11(10)2/h3-7,13-14H,8-9H2,1-2H3/t13-,14+/m0/s1. The van der Waals surface area contributed by atoms with Crippen molar-refractivity contribution in [3.63, 3.8) is 0 Å². The maximum atomic E-state index is 11.2. The number of nitrogens with zero attached hydrogens (tertiary/aromatic N) is 1. The smallest absolute Gasteiger partial charge is 0.223 e. The predicted molar refractivity (Wildman–Crippen MR) is 67.6 cm³/mol. The minimum absolute atomic E-state index is 0.0231. The minimum Gasteiger partial charge on any atom is -0.264 e. The average molecular weight is 231 g/mol. The van der Waals surface area contributed by atoms with Crippen molar-refractivity contribution in [2.24, 2.45) is 0 Å². The van der Waals surface area contributed by atoms with Gasteiger partial charge in [0.15, 0.2) is 0 Å². The molecule has 2 rings (SSSR count). The largest absolute Gasteiger partial charge is 0.264 e. The summed E-state index contributed by atoms with van der Waals surface area (Å²) in [7, 11) is 0. The van der Waals surface area contributed by atoms with E-state index in [0.29, 0.717) is 6.42 Å². The Morgan fingerprint density at radius 3 is 2.29 bits per heavy atom. The molecule has 0 fully saturated rings. The van der Waals surface area contributed by atoms with Crippen molar-refractivity contribution >= 4 is 0 Å². The number of nitro groups is 1. The zero-order valence-electron chi connectivity index (χ0n) is 10.2. The van der Waals surface area contributed by atoms with Crippen molar-refractivity contribution in [3.05, 3.63) is 57.2 Å². The number of benzene rings is 1. The Hall–Kier alpha value is -1.64.